The average molecular weight is 289 g/mol. The number of nitrogens with zero attached hydrogens (tertiary/aromatic N) is 1. The fourth-order valence-electron chi connectivity index (χ4n) is 1.54. The van der Waals surface area contributed by atoms with E-state index in [9.17, 15) is 0 Å². The van der Waals surface area contributed by atoms with Crippen LogP contribution in [0, 0.1) is 0 Å². The Morgan fingerprint density at radius 2 is 1.60 bits per heavy atom. The van der Waals surface area contributed by atoms with Crippen LogP contribution >= 0.6 is 12.2 Å². The van der Waals surface area contributed by atoms with Crippen LogP contribution in [0.3, 0.4) is 0 Å². The summed E-state index contributed by atoms with van der Waals surface area (Å²) < 4.78 is 10.1. The van der Waals surface area contributed by atoms with Crippen LogP contribution in [-0.2, 0) is 0 Å². The van der Waals surface area contributed by atoms with Crippen molar-refractivity contribution < 1.29 is 9.47 Å². The van der Waals surface area contributed by atoms with Gasteiger partial charge in [0.2, 0.25) is 5.88 Å². The second-order valence-corrected chi connectivity index (χ2v) is 4.31. The minimum absolute atomic E-state index is 0.488. The molecule has 6 heteroatoms. The quantitative estimate of drug-likeness (QED) is 0.844. The van der Waals surface area contributed by atoms with Crippen LogP contribution in [0.5, 0.6) is 11.6 Å². The molecule has 0 fully saturated rings. The number of nitrogens with one attached hydrogen (secondary N) is 2. The summed E-state index contributed by atoms with van der Waals surface area (Å²) in [5.74, 6) is 1.36. The molecule has 1 aromatic carbocycles. The van der Waals surface area contributed by atoms with Crippen LogP contribution in [0.4, 0.5) is 11.4 Å². The molecule has 0 bridgehead atoms. The molecule has 0 spiro atoms. The van der Waals surface area contributed by atoms with Crippen molar-refractivity contribution in [2.75, 3.05) is 24.9 Å². The average Bonchev–Trinajstić information content (AvgIpc) is 2.49. The lowest BCUT2D eigenvalue weighted by atomic mass is 10.3. The number of anilines is 2. The van der Waals surface area contributed by atoms with Gasteiger partial charge in [-0.2, -0.15) is 0 Å². The number of ether oxygens (including phenoxy) is 2. The first kappa shape index (κ1) is 14.1. The van der Waals surface area contributed by atoms with E-state index in [1.54, 1.807) is 26.5 Å². The van der Waals surface area contributed by atoms with Crippen LogP contribution in [0.15, 0.2) is 42.6 Å². The molecular weight excluding hydrogens is 274 g/mol. The van der Waals surface area contributed by atoms with Gasteiger partial charge >= 0.3 is 0 Å². The lowest BCUT2D eigenvalue weighted by Crippen LogP contribution is -2.19. The first-order valence-corrected chi connectivity index (χ1v) is 6.34. The maximum Gasteiger partial charge on any atom is 0.213 e. The maximum absolute atomic E-state index is 5.23. The van der Waals surface area contributed by atoms with E-state index in [4.69, 9.17) is 21.7 Å². The molecule has 0 radical (unpaired) electrons. The molecule has 0 atom stereocenters. The van der Waals surface area contributed by atoms with Crippen LogP contribution < -0.4 is 20.1 Å². The smallest absolute Gasteiger partial charge is 0.213 e. The van der Waals surface area contributed by atoms with E-state index in [1.807, 2.05) is 30.3 Å². The van der Waals surface area contributed by atoms with Gasteiger partial charge in [-0.15, -0.1) is 0 Å². The molecule has 2 aromatic rings. The largest absolute Gasteiger partial charge is 0.497 e. The van der Waals surface area contributed by atoms with E-state index in [-0.39, 0.29) is 0 Å². The number of pyridine rings is 1. The van der Waals surface area contributed by atoms with Gasteiger partial charge in [0, 0.05) is 11.8 Å². The Morgan fingerprint density at radius 3 is 2.15 bits per heavy atom. The van der Waals surface area contributed by atoms with Crippen molar-refractivity contribution in [3.8, 4) is 11.6 Å². The molecule has 104 valence electrons. The normalized spacial score (nSPS) is 9.70. The first-order valence-electron chi connectivity index (χ1n) is 5.93. The van der Waals surface area contributed by atoms with Crippen molar-refractivity contribution in [3.63, 3.8) is 0 Å². The zero-order valence-electron chi connectivity index (χ0n) is 11.2. The molecular formula is C14H15N3O2S. The van der Waals surface area contributed by atoms with Gasteiger partial charge in [0.05, 0.1) is 26.1 Å². The zero-order chi connectivity index (χ0) is 14.4. The van der Waals surface area contributed by atoms with Crippen molar-refractivity contribution in [2.45, 2.75) is 0 Å². The van der Waals surface area contributed by atoms with Gasteiger partial charge in [0.15, 0.2) is 5.11 Å². The summed E-state index contributed by atoms with van der Waals surface area (Å²) in [4.78, 5) is 4.09. The van der Waals surface area contributed by atoms with E-state index in [0.29, 0.717) is 11.0 Å². The fourth-order valence-corrected chi connectivity index (χ4v) is 1.78. The second kappa shape index (κ2) is 6.72. The van der Waals surface area contributed by atoms with Gasteiger partial charge in [-0.05, 0) is 42.5 Å². The minimum atomic E-state index is 0.488. The third kappa shape index (κ3) is 3.83. The van der Waals surface area contributed by atoms with Gasteiger partial charge in [-0.1, -0.05) is 0 Å². The van der Waals surface area contributed by atoms with Crippen LogP contribution in [0.1, 0.15) is 0 Å². The Hall–Kier alpha value is -2.34. The topological polar surface area (TPSA) is 55.4 Å². The molecule has 0 saturated heterocycles. The molecule has 0 saturated carbocycles. The number of hydrogen-bond acceptors (Lipinski definition) is 4. The highest BCUT2D eigenvalue weighted by Crippen LogP contribution is 2.16. The molecule has 0 amide bonds. The van der Waals surface area contributed by atoms with Crippen LogP contribution in [-0.4, -0.2) is 24.3 Å². The van der Waals surface area contributed by atoms with Gasteiger partial charge in [-0.3, -0.25) is 0 Å². The van der Waals surface area contributed by atoms with Crippen molar-refractivity contribution >= 4 is 28.7 Å². The van der Waals surface area contributed by atoms with Crippen LogP contribution in [0.2, 0.25) is 0 Å². The summed E-state index contributed by atoms with van der Waals surface area (Å²) in [6, 6.07) is 11.1. The lowest BCUT2D eigenvalue weighted by Gasteiger charge is -2.11. The molecule has 1 heterocycles. The molecule has 20 heavy (non-hydrogen) atoms. The molecule has 1 aromatic heterocycles. The lowest BCUT2D eigenvalue weighted by molar-refractivity contribution is 0.398. The Kier molecular flexibility index (Phi) is 4.73. The third-order valence-electron chi connectivity index (χ3n) is 2.55. The maximum atomic E-state index is 5.23. The molecule has 2 N–H and O–H groups in total. The highest BCUT2D eigenvalue weighted by molar-refractivity contribution is 7.80. The van der Waals surface area contributed by atoms with Gasteiger partial charge in [0.1, 0.15) is 5.75 Å². The highest BCUT2D eigenvalue weighted by atomic mass is 32.1. The molecule has 2 rings (SSSR count). The molecule has 0 aliphatic heterocycles. The van der Waals surface area contributed by atoms with Crippen molar-refractivity contribution in [1.29, 1.82) is 0 Å². The predicted octanol–water partition coefficient (Wildman–Crippen LogP) is 2.91. The first-order chi connectivity index (χ1) is 9.71. The minimum Gasteiger partial charge on any atom is -0.497 e. The summed E-state index contributed by atoms with van der Waals surface area (Å²) in [5.41, 5.74) is 1.67. The molecule has 5 nitrogen and oxygen atoms in total. The van der Waals surface area contributed by atoms with E-state index >= 15 is 0 Å². The summed E-state index contributed by atoms with van der Waals surface area (Å²) in [6.45, 7) is 0. The summed E-state index contributed by atoms with van der Waals surface area (Å²) in [7, 11) is 3.20. The second-order valence-electron chi connectivity index (χ2n) is 3.90. The Bertz CT molecular complexity index is 518. The SMILES string of the molecule is COc1ccc(NC(=S)Nc2ccc(OC)nc2)cc1. The summed E-state index contributed by atoms with van der Waals surface area (Å²) in [6.07, 6.45) is 1.65. The Morgan fingerprint density at radius 1 is 0.950 bits per heavy atom. The highest BCUT2D eigenvalue weighted by Gasteiger charge is 2.00. The number of methoxy groups -OCH3 is 2. The van der Waals surface area contributed by atoms with Crippen molar-refractivity contribution in [3.05, 3.63) is 42.6 Å². The van der Waals surface area contributed by atoms with Gasteiger partial charge in [-0.25, -0.2) is 4.98 Å². The van der Waals surface area contributed by atoms with E-state index < -0.39 is 0 Å². The Labute approximate surface area is 122 Å². The fraction of sp³-hybridized carbons (Fsp3) is 0.143. The monoisotopic (exact) mass is 289 g/mol. The third-order valence-corrected chi connectivity index (χ3v) is 2.76. The van der Waals surface area contributed by atoms with E-state index in [2.05, 4.69) is 15.6 Å². The zero-order valence-corrected chi connectivity index (χ0v) is 12.0. The van der Waals surface area contributed by atoms with Crippen LogP contribution in [0.25, 0.3) is 0 Å². The predicted molar refractivity (Wildman–Crippen MR) is 83.6 cm³/mol. The molecule has 0 aliphatic rings. The van der Waals surface area contributed by atoms with Gasteiger partial charge in [0.25, 0.3) is 0 Å². The van der Waals surface area contributed by atoms with Crippen molar-refractivity contribution in [2.24, 2.45) is 0 Å². The van der Waals surface area contributed by atoms with Gasteiger partial charge < -0.3 is 20.1 Å². The number of hydrogen-bond donors (Lipinski definition) is 2. The molecule has 0 aliphatic carbocycles. The standard InChI is InChI=1S/C14H15N3O2S/c1-18-12-6-3-10(4-7-12)16-14(20)17-11-5-8-13(19-2)15-9-11/h3-9H,1-2H3,(H2,16,17,20). The number of rotatable bonds is 4. The van der Waals surface area contributed by atoms with E-state index in [0.717, 1.165) is 17.1 Å². The molecule has 0 unspecified atom stereocenters. The van der Waals surface area contributed by atoms with E-state index in [1.165, 1.54) is 0 Å². The Balaban J connectivity index is 1.93. The summed E-state index contributed by atoms with van der Waals surface area (Å²) >= 11 is 5.23. The van der Waals surface area contributed by atoms with Crippen molar-refractivity contribution in [1.82, 2.24) is 4.98 Å². The number of aromatic nitrogens is 1. The number of thiocarbonyl (C=S) groups is 1. The number of benzene rings is 1. The summed E-state index contributed by atoms with van der Waals surface area (Å²) in [5, 5.41) is 6.61.